The summed E-state index contributed by atoms with van der Waals surface area (Å²) >= 11 is 7.49. The van der Waals surface area contributed by atoms with Gasteiger partial charge in [-0.25, -0.2) is 0 Å². The van der Waals surface area contributed by atoms with Gasteiger partial charge in [-0.15, -0.1) is 23.4 Å². The van der Waals surface area contributed by atoms with Crippen LogP contribution >= 0.6 is 23.4 Å². The Morgan fingerprint density at radius 2 is 2.28 bits per heavy atom. The standard InChI is InChI=1S/C14H18ClNOS/c1-2-16(9-5-8-15)14(17)12-10-18-13-7-4-3-6-11(12)13/h3-4,6-7,12H,2,5,8-10H2,1H3. The molecule has 0 saturated heterocycles. The Bertz CT molecular complexity index is 424. The van der Waals surface area contributed by atoms with Gasteiger partial charge in [0.25, 0.3) is 0 Å². The van der Waals surface area contributed by atoms with Gasteiger partial charge in [0.1, 0.15) is 0 Å². The number of rotatable bonds is 5. The zero-order valence-electron chi connectivity index (χ0n) is 10.6. The van der Waals surface area contributed by atoms with E-state index in [1.807, 2.05) is 24.0 Å². The third-order valence-corrected chi connectivity index (χ3v) is 4.70. The van der Waals surface area contributed by atoms with Gasteiger partial charge in [0.2, 0.25) is 5.91 Å². The number of carbonyl (C=O) groups is 1. The number of nitrogens with zero attached hydrogens (tertiary/aromatic N) is 1. The number of thioether (sulfide) groups is 1. The Balaban J connectivity index is 2.10. The minimum atomic E-state index is 0.0291. The third kappa shape index (κ3) is 2.83. The van der Waals surface area contributed by atoms with Crippen LogP contribution in [0.2, 0.25) is 0 Å². The van der Waals surface area contributed by atoms with Crippen LogP contribution in [-0.4, -0.2) is 35.5 Å². The number of hydrogen-bond acceptors (Lipinski definition) is 2. The first-order valence-electron chi connectivity index (χ1n) is 6.34. The van der Waals surface area contributed by atoms with E-state index in [-0.39, 0.29) is 11.8 Å². The van der Waals surface area contributed by atoms with Crippen molar-refractivity contribution >= 4 is 29.3 Å². The van der Waals surface area contributed by atoms with Crippen LogP contribution in [-0.2, 0) is 4.79 Å². The SMILES string of the molecule is CCN(CCCCl)C(=O)C1CSc2ccccc21. The van der Waals surface area contributed by atoms with E-state index in [2.05, 4.69) is 12.1 Å². The topological polar surface area (TPSA) is 20.3 Å². The van der Waals surface area contributed by atoms with Gasteiger partial charge in [-0.2, -0.15) is 0 Å². The molecule has 18 heavy (non-hydrogen) atoms. The molecule has 0 fully saturated rings. The average molecular weight is 284 g/mol. The van der Waals surface area contributed by atoms with Crippen LogP contribution in [0.3, 0.4) is 0 Å². The maximum Gasteiger partial charge on any atom is 0.230 e. The molecule has 0 aromatic heterocycles. The quantitative estimate of drug-likeness (QED) is 0.773. The van der Waals surface area contributed by atoms with Crippen LogP contribution in [0.1, 0.15) is 24.8 Å². The van der Waals surface area contributed by atoms with E-state index in [1.165, 1.54) is 10.5 Å². The lowest BCUT2D eigenvalue weighted by Crippen LogP contribution is -2.36. The summed E-state index contributed by atoms with van der Waals surface area (Å²) in [5.74, 6) is 1.76. The molecule has 0 bridgehead atoms. The first kappa shape index (κ1) is 13.8. The molecule has 0 N–H and O–H groups in total. The highest BCUT2D eigenvalue weighted by Gasteiger charge is 2.31. The molecule has 2 nitrogen and oxygen atoms in total. The lowest BCUT2D eigenvalue weighted by Gasteiger charge is -2.24. The summed E-state index contributed by atoms with van der Waals surface area (Å²) in [6, 6.07) is 8.22. The molecular formula is C14H18ClNOS. The molecule has 2 rings (SSSR count). The number of likely N-dealkylation sites (N-methyl/N-ethyl adjacent to an activating group) is 1. The Morgan fingerprint density at radius 1 is 1.50 bits per heavy atom. The van der Waals surface area contributed by atoms with Gasteiger partial charge in [-0.05, 0) is 25.0 Å². The fraction of sp³-hybridized carbons (Fsp3) is 0.500. The maximum atomic E-state index is 12.5. The van der Waals surface area contributed by atoms with Crippen molar-refractivity contribution in [2.24, 2.45) is 0 Å². The molecule has 0 aliphatic carbocycles. The summed E-state index contributed by atoms with van der Waals surface area (Å²) in [5, 5.41) is 0. The first-order valence-corrected chi connectivity index (χ1v) is 7.86. The normalized spacial score (nSPS) is 17.6. The van der Waals surface area contributed by atoms with E-state index in [1.54, 1.807) is 11.8 Å². The number of halogens is 1. The number of alkyl halides is 1. The van der Waals surface area contributed by atoms with E-state index in [0.29, 0.717) is 5.88 Å². The van der Waals surface area contributed by atoms with Crippen molar-refractivity contribution in [2.45, 2.75) is 24.2 Å². The van der Waals surface area contributed by atoms with E-state index >= 15 is 0 Å². The predicted octanol–water partition coefficient (Wildman–Crippen LogP) is 3.35. The molecule has 1 aromatic rings. The van der Waals surface area contributed by atoms with Gasteiger partial charge >= 0.3 is 0 Å². The lowest BCUT2D eigenvalue weighted by atomic mass is 10.00. The van der Waals surface area contributed by atoms with Crippen LogP contribution in [0.5, 0.6) is 0 Å². The molecule has 0 radical (unpaired) electrons. The highest BCUT2D eigenvalue weighted by atomic mass is 35.5. The number of amides is 1. The smallest absolute Gasteiger partial charge is 0.230 e. The Hall–Kier alpha value is -0.670. The zero-order chi connectivity index (χ0) is 13.0. The highest BCUT2D eigenvalue weighted by Crippen LogP contribution is 2.40. The average Bonchev–Trinajstić information content (AvgIpc) is 2.83. The van der Waals surface area contributed by atoms with Crippen LogP contribution in [0, 0.1) is 0 Å². The Kier molecular flexibility index (Phi) is 4.95. The summed E-state index contributed by atoms with van der Waals surface area (Å²) in [6.07, 6.45) is 0.864. The third-order valence-electron chi connectivity index (χ3n) is 3.25. The number of hydrogen-bond donors (Lipinski definition) is 0. The Morgan fingerprint density at radius 3 is 3.00 bits per heavy atom. The molecule has 1 aromatic carbocycles. The highest BCUT2D eigenvalue weighted by molar-refractivity contribution is 7.99. The van der Waals surface area contributed by atoms with Crippen molar-refractivity contribution in [3.63, 3.8) is 0 Å². The molecule has 1 amide bonds. The second-order valence-corrected chi connectivity index (χ2v) is 5.80. The van der Waals surface area contributed by atoms with E-state index in [4.69, 9.17) is 11.6 Å². The van der Waals surface area contributed by atoms with Crippen LogP contribution in [0.25, 0.3) is 0 Å². The molecule has 1 unspecified atom stereocenters. The minimum absolute atomic E-state index is 0.0291. The summed E-state index contributed by atoms with van der Waals surface area (Å²) in [4.78, 5) is 15.7. The summed E-state index contributed by atoms with van der Waals surface area (Å²) in [6.45, 7) is 3.56. The number of carbonyl (C=O) groups excluding carboxylic acids is 1. The van der Waals surface area contributed by atoms with Crippen LogP contribution in [0.4, 0.5) is 0 Å². The molecule has 1 atom stereocenters. The van der Waals surface area contributed by atoms with Gasteiger partial charge in [0.05, 0.1) is 5.92 Å². The van der Waals surface area contributed by atoms with Crippen molar-refractivity contribution in [1.29, 1.82) is 0 Å². The van der Waals surface area contributed by atoms with E-state index in [9.17, 15) is 4.79 Å². The van der Waals surface area contributed by atoms with Gasteiger partial charge < -0.3 is 4.90 Å². The van der Waals surface area contributed by atoms with Crippen molar-refractivity contribution in [3.05, 3.63) is 29.8 Å². The maximum absolute atomic E-state index is 12.5. The molecule has 1 aliphatic heterocycles. The van der Waals surface area contributed by atoms with Crippen molar-refractivity contribution in [3.8, 4) is 0 Å². The minimum Gasteiger partial charge on any atom is -0.342 e. The van der Waals surface area contributed by atoms with Crippen molar-refractivity contribution < 1.29 is 4.79 Å². The van der Waals surface area contributed by atoms with Crippen LogP contribution in [0.15, 0.2) is 29.2 Å². The lowest BCUT2D eigenvalue weighted by molar-refractivity contribution is -0.132. The molecule has 4 heteroatoms. The van der Waals surface area contributed by atoms with Crippen LogP contribution < -0.4 is 0 Å². The fourth-order valence-corrected chi connectivity index (χ4v) is 3.60. The van der Waals surface area contributed by atoms with E-state index < -0.39 is 0 Å². The Labute approximate surface area is 118 Å². The monoisotopic (exact) mass is 283 g/mol. The zero-order valence-corrected chi connectivity index (χ0v) is 12.1. The van der Waals surface area contributed by atoms with Crippen molar-refractivity contribution in [2.75, 3.05) is 24.7 Å². The predicted molar refractivity (Wildman–Crippen MR) is 77.5 cm³/mol. The largest absolute Gasteiger partial charge is 0.342 e. The summed E-state index contributed by atoms with van der Waals surface area (Å²) < 4.78 is 0. The van der Waals surface area contributed by atoms with Gasteiger partial charge in [-0.1, -0.05) is 18.2 Å². The molecule has 0 saturated carbocycles. The molecule has 1 heterocycles. The van der Waals surface area contributed by atoms with Crippen molar-refractivity contribution in [1.82, 2.24) is 4.90 Å². The van der Waals surface area contributed by atoms with Gasteiger partial charge in [0.15, 0.2) is 0 Å². The first-order chi connectivity index (χ1) is 8.77. The second kappa shape index (κ2) is 6.48. The molecule has 98 valence electrons. The number of fused-ring (bicyclic) bond motifs is 1. The molecular weight excluding hydrogens is 266 g/mol. The van der Waals surface area contributed by atoms with Gasteiger partial charge in [0, 0.05) is 29.6 Å². The van der Waals surface area contributed by atoms with Gasteiger partial charge in [-0.3, -0.25) is 4.79 Å². The van der Waals surface area contributed by atoms with E-state index in [0.717, 1.165) is 25.3 Å². The molecule has 0 spiro atoms. The number of benzene rings is 1. The fourth-order valence-electron chi connectivity index (χ4n) is 2.26. The second-order valence-electron chi connectivity index (χ2n) is 4.36. The molecule has 1 aliphatic rings. The summed E-state index contributed by atoms with van der Waals surface area (Å²) in [5.41, 5.74) is 1.19. The summed E-state index contributed by atoms with van der Waals surface area (Å²) in [7, 11) is 0.